The highest BCUT2D eigenvalue weighted by Gasteiger charge is 2.13. The van der Waals surface area contributed by atoms with Crippen LogP contribution in [0.3, 0.4) is 0 Å². The zero-order chi connectivity index (χ0) is 10.3. The lowest BCUT2D eigenvalue weighted by Crippen LogP contribution is -2.22. The van der Waals surface area contributed by atoms with Gasteiger partial charge in [-0.25, -0.2) is 4.79 Å². The first-order valence-corrected chi connectivity index (χ1v) is 4.38. The molecule has 0 aliphatic heterocycles. The second-order valence-corrected chi connectivity index (χ2v) is 3.27. The summed E-state index contributed by atoms with van der Waals surface area (Å²) in [6.45, 7) is 6.22. The minimum Gasteiger partial charge on any atom is -0.472 e. The number of hydrogen-bond donors (Lipinski definition) is 1. The fourth-order valence-corrected chi connectivity index (χ4v) is 0.712. The Labute approximate surface area is 79.1 Å². The van der Waals surface area contributed by atoms with Gasteiger partial charge < -0.3 is 9.84 Å². The smallest absolute Gasteiger partial charge is 0.382 e. The van der Waals surface area contributed by atoms with Gasteiger partial charge in [0.15, 0.2) is 0 Å². The molecule has 0 rings (SSSR count). The molecule has 0 aromatic carbocycles. The highest BCUT2D eigenvalue weighted by molar-refractivity contribution is 5.86. The Morgan fingerprint density at radius 3 is 2.62 bits per heavy atom. The number of hydrogen-bond acceptors (Lipinski definition) is 2. The lowest BCUT2D eigenvalue weighted by atomic mass is 10.1. The van der Waals surface area contributed by atoms with Crippen LogP contribution in [0, 0.1) is 11.8 Å². The van der Waals surface area contributed by atoms with Gasteiger partial charge in [-0.15, -0.1) is 0 Å². The van der Waals surface area contributed by atoms with Crippen LogP contribution in [0.25, 0.3) is 0 Å². The van der Waals surface area contributed by atoms with Gasteiger partial charge in [-0.2, -0.15) is 0 Å². The maximum absolute atomic E-state index is 10.1. The molecule has 0 saturated carbocycles. The number of carboxylic acids is 1. The van der Waals surface area contributed by atoms with Gasteiger partial charge >= 0.3 is 5.97 Å². The normalized spacial score (nSPS) is 10.4. The molecule has 0 aromatic rings. The predicted molar refractivity (Wildman–Crippen MR) is 50.4 cm³/mol. The zero-order valence-electron chi connectivity index (χ0n) is 8.39. The molecule has 13 heavy (non-hydrogen) atoms. The average Bonchev–Trinajstić information content (AvgIpc) is 2.02. The van der Waals surface area contributed by atoms with Gasteiger partial charge in [-0.1, -0.05) is 19.3 Å². The number of carbonyl (C=O) groups is 1. The Kier molecular flexibility index (Phi) is 5.17. The van der Waals surface area contributed by atoms with Crippen molar-refractivity contribution >= 4 is 5.97 Å². The standard InChI is InChI=1S/C10H16O3/c1-4-5-8-13-10(2,3)7-6-9(11)12/h4-5,8H2,1-3H3,(H,11,12). The fraction of sp³-hybridized carbons (Fsp3) is 0.700. The van der Waals surface area contributed by atoms with E-state index in [1.807, 2.05) is 0 Å². The molecule has 0 aliphatic carbocycles. The summed E-state index contributed by atoms with van der Waals surface area (Å²) in [6, 6.07) is 0. The Balaban J connectivity index is 3.95. The van der Waals surface area contributed by atoms with E-state index in [4.69, 9.17) is 9.84 Å². The molecule has 1 N–H and O–H groups in total. The van der Waals surface area contributed by atoms with Gasteiger partial charge in [0.05, 0.1) is 0 Å². The summed E-state index contributed by atoms with van der Waals surface area (Å²) >= 11 is 0. The topological polar surface area (TPSA) is 46.5 Å². The highest BCUT2D eigenvalue weighted by atomic mass is 16.5. The number of rotatable bonds is 4. The summed E-state index contributed by atoms with van der Waals surface area (Å²) in [6.07, 6.45) is 2.03. The molecule has 0 unspecified atom stereocenters. The number of aliphatic carboxylic acids is 1. The third-order valence-electron chi connectivity index (χ3n) is 1.43. The van der Waals surface area contributed by atoms with Gasteiger partial charge in [0, 0.05) is 12.5 Å². The molecule has 0 saturated heterocycles. The van der Waals surface area contributed by atoms with Crippen LogP contribution in [0.2, 0.25) is 0 Å². The van der Waals surface area contributed by atoms with Crippen LogP contribution in [-0.2, 0) is 9.53 Å². The summed E-state index contributed by atoms with van der Waals surface area (Å²) < 4.78 is 5.38. The maximum atomic E-state index is 10.1. The van der Waals surface area contributed by atoms with Crippen LogP contribution < -0.4 is 0 Å². The lowest BCUT2D eigenvalue weighted by molar-refractivity contribution is -0.130. The summed E-state index contributed by atoms with van der Waals surface area (Å²) in [5, 5.41) is 8.32. The second-order valence-electron chi connectivity index (χ2n) is 3.27. The van der Waals surface area contributed by atoms with E-state index in [0.29, 0.717) is 6.61 Å². The molecule has 74 valence electrons. The van der Waals surface area contributed by atoms with Gasteiger partial charge in [0.1, 0.15) is 5.60 Å². The number of ether oxygens (including phenoxy) is 1. The average molecular weight is 184 g/mol. The first-order chi connectivity index (χ1) is 5.98. The van der Waals surface area contributed by atoms with Crippen molar-refractivity contribution in [3.05, 3.63) is 0 Å². The van der Waals surface area contributed by atoms with Crippen LogP contribution >= 0.6 is 0 Å². The van der Waals surface area contributed by atoms with Gasteiger partial charge in [-0.3, -0.25) is 0 Å². The van der Waals surface area contributed by atoms with E-state index in [1.54, 1.807) is 13.8 Å². The summed E-state index contributed by atoms with van der Waals surface area (Å²) in [7, 11) is 0. The molecule has 3 nitrogen and oxygen atoms in total. The molecule has 0 amide bonds. The van der Waals surface area contributed by atoms with Crippen molar-refractivity contribution in [3.63, 3.8) is 0 Å². The largest absolute Gasteiger partial charge is 0.472 e. The molecule has 0 radical (unpaired) electrons. The van der Waals surface area contributed by atoms with Crippen LogP contribution in [0.15, 0.2) is 0 Å². The Bertz CT molecular complexity index is 220. The van der Waals surface area contributed by atoms with E-state index in [9.17, 15) is 4.79 Å². The zero-order valence-corrected chi connectivity index (χ0v) is 8.39. The highest BCUT2D eigenvalue weighted by Crippen LogP contribution is 2.07. The molecule has 0 bridgehead atoms. The fourth-order valence-electron chi connectivity index (χ4n) is 0.712. The van der Waals surface area contributed by atoms with Crippen LogP contribution in [0.5, 0.6) is 0 Å². The first-order valence-electron chi connectivity index (χ1n) is 4.38. The van der Waals surface area contributed by atoms with Crippen molar-refractivity contribution in [2.24, 2.45) is 0 Å². The van der Waals surface area contributed by atoms with Crippen LogP contribution in [0.4, 0.5) is 0 Å². The maximum Gasteiger partial charge on any atom is 0.382 e. The molecule has 0 atom stereocenters. The van der Waals surface area contributed by atoms with Crippen molar-refractivity contribution in [1.82, 2.24) is 0 Å². The molecular weight excluding hydrogens is 168 g/mol. The quantitative estimate of drug-likeness (QED) is 0.534. The van der Waals surface area contributed by atoms with E-state index in [-0.39, 0.29) is 0 Å². The second kappa shape index (κ2) is 5.60. The monoisotopic (exact) mass is 184 g/mol. The van der Waals surface area contributed by atoms with Crippen molar-refractivity contribution in [3.8, 4) is 11.8 Å². The minimum atomic E-state index is -1.12. The van der Waals surface area contributed by atoms with Crippen molar-refractivity contribution in [2.75, 3.05) is 6.61 Å². The minimum absolute atomic E-state index is 0.623. The molecule has 0 spiro atoms. The summed E-state index contributed by atoms with van der Waals surface area (Å²) in [5.74, 6) is 3.48. The van der Waals surface area contributed by atoms with Crippen molar-refractivity contribution < 1.29 is 14.6 Å². The van der Waals surface area contributed by atoms with E-state index in [0.717, 1.165) is 12.8 Å². The number of carboxylic acid groups (broad SMARTS) is 1. The van der Waals surface area contributed by atoms with Crippen LogP contribution in [0.1, 0.15) is 33.6 Å². The van der Waals surface area contributed by atoms with E-state index in [2.05, 4.69) is 18.8 Å². The van der Waals surface area contributed by atoms with Crippen LogP contribution in [-0.4, -0.2) is 23.3 Å². The predicted octanol–water partition coefficient (Wildman–Crippen LogP) is 1.67. The summed E-state index contributed by atoms with van der Waals surface area (Å²) in [4.78, 5) is 10.1. The summed E-state index contributed by atoms with van der Waals surface area (Å²) in [5.41, 5.74) is -0.659. The van der Waals surface area contributed by atoms with Gasteiger partial charge in [0.25, 0.3) is 0 Å². The third kappa shape index (κ3) is 7.35. The van der Waals surface area contributed by atoms with E-state index >= 15 is 0 Å². The Morgan fingerprint density at radius 2 is 2.15 bits per heavy atom. The molecule has 0 fully saturated rings. The van der Waals surface area contributed by atoms with Crippen molar-refractivity contribution in [1.29, 1.82) is 0 Å². The molecule has 3 heteroatoms. The SMILES string of the molecule is CCCCOC(C)(C)C#CC(=O)O. The first kappa shape index (κ1) is 12.0. The van der Waals surface area contributed by atoms with Gasteiger partial charge in [-0.05, 0) is 20.3 Å². The Hall–Kier alpha value is -1.01. The number of unbranched alkanes of at least 4 members (excludes halogenated alkanes) is 1. The van der Waals surface area contributed by atoms with Crippen molar-refractivity contribution in [2.45, 2.75) is 39.2 Å². The lowest BCUT2D eigenvalue weighted by Gasteiger charge is -2.18. The molecule has 0 aromatic heterocycles. The Morgan fingerprint density at radius 1 is 1.54 bits per heavy atom. The van der Waals surface area contributed by atoms with E-state index < -0.39 is 11.6 Å². The van der Waals surface area contributed by atoms with E-state index in [1.165, 1.54) is 0 Å². The third-order valence-corrected chi connectivity index (χ3v) is 1.43. The van der Waals surface area contributed by atoms with Gasteiger partial charge in [0.2, 0.25) is 0 Å². The molecular formula is C10H16O3. The molecule has 0 heterocycles. The molecule has 0 aliphatic rings.